The van der Waals surface area contributed by atoms with Crippen molar-refractivity contribution in [2.24, 2.45) is 0 Å². The predicted molar refractivity (Wildman–Crippen MR) is 107 cm³/mol. The number of fused-ring (bicyclic) bond motifs is 1. The number of imidazole rings is 1. The molecule has 0 spiro atoms. The number of carbonyl (C=O) groups is 1. The van der Waals surface area contributed by atoms with Gasteiger partial charge >= 0.3 is 6.18 Å². The van der Waals surface area contributed by atoms with Crippen molar-refractivity contribution in [1.29, 1.82) is 0 Å². The highest BCUT2D eigenvalue weighted by atomic mass is 19.4. The summed E-state index contributed by atoms with van der Waals surface area (Å²) in [6, 6.07) is 19.0. The van der Waals surface area contributed by atoms with Crippen LogP contribution in [0.25, 0.3) is 22.4 Å². The number of aromatic nitrogens is 2. The lowest BCUT2D eigenvalue weighted by atomic mass is 10.1. The first-order chi connectivity index (χ1) is 14.4. The van der Waals surface area contributed by atoms with Crippen molar-refractivity contribution in [2.45, 2.75) is 6.18 Å². The summed E-state index contributed by atoms with van der Waals surface area (Å²) >= 11 is 0. The fourth-order valence-electron chi connectivity index (χ4n) is 2.98. The molecule has 0 bridgehead atoms. The Morgan fingerprint density at radius 2 is 1.77 bits per heavy atom. The number of ether oxygens (including phenoxy) is 1. The number of H-pyrrole nitrogens is 1. The summed E-state index contributed by atoms with van der Waals surface area (Å²) in [5.41, 5.74) is 2.01. The van der Waals surface area contributed by atoms with Crippen molar-refractivity contribution in [2.75, 3.05) is 11.9 Å². The fourth-order valence-corrected chi connectivity index (χ4v) is 2.98. The van der Waals surface area contributed by atoms with Crippen LogP contribution in [-0.4, -0.2) is 22.5 Å². The zero-order valence-corrected chi connectivity index (χ0v) is 15.5. The van der Waals surface area contributed by atoms with Crippen molar-refractivity contribution in [3.8, 4) is 17.1 Å². The van der Waals surface area contributed by atoms with Gasteiger partial charge in [-0.15, -0.1) is 0 Å². The second-order valence-corrected chi connectivity index (χ2v) is 6.51. The lowest BCUT2D eigenvalue weighted by Gasteiger charge is -2.12. The van der Waals surface area contributed by atoms with Crippen molar-refractivity contribution in [3.05, 3.63) is 78.4 Å². The van der Waals surface area contributed by atoms with Gasteiger partial charge in [0, 0.05) is 5.56 Å². The largest absolute Gasteiger partial charge is 0.484 e. The van der Waals surface area contributed by atoms with Crippen LogP contribution >= 0.6 is 0 Å². The average Bonchev–Trinajstić information content (AvgIpc) is 3.16. The molecule has 4 rings (SSSR count). The molecule has 2 N–H and O–H groups in total. The van der Waals surface area contributed by atoms with Crippen molar-refractivity contribution in [1.82, 2.24) is 9.97 Å². The molecule has 0 saturated heterocycles. The number of rotatable bonds is 5. The third-order valence-corrected chi connectivity index (χ3v) is 4.38. The van der Waals surface area contributed by atoms with Gasteiger partial charge in [0.1, 0.15) is 11.6 Å². The zero-order valence-electron chi connectivity index (χ0n) is 15.5. The Hall–Kier alpha value is -3.81. The second-order valence-electron chi connectivity index (χ2n) is 6.51. The van der Waals surface area contributed by atoms with E-state index in [0.29, 0.717) is 17.1 Å². The molecule has 0 saturated carbocycles. The lowest BCUT2D eigenvalue weighted by molar-refractivity contribution is -0.137. The molecule has 30 heavy (non-hydrogen) atoms. The van der Waals surface area contributed by atoms with Crippen LogP contribution in [0, 0.1) is 0 Å². The molecule has 0 aliphatic heterocycles. The fraction of sp³-hybridized carbons (Fsp3) is 0.0909. The second kappa shape index (κ2) is 7.90. The van der Waals surface area contributed by atoms with Crippen LogP contribution < -0.4 is 10.1 Å². The number of nitrogens with zero attached hydrogens (tertiary/aromatic N) is 1. The molecule has 0 atom stereocenters. The molecule has 8 heteroatoms. The standard InChI is InChI=1S/C22H16F3N3O2/c23-22(24,25)14-6-5-7-15(12-14)30-13-20(29)26-17-9-2-1-8-16(17)21-27-18-10-3-4-11-19(18)28-21/h1-12H,13H2,(H,26,29)(H,27,28). The lowest BCUT2D eigenvalue weighted by Crippen LogP contribution is -2.20. The van der Waals surface area contributed by atoms with Crippen LogP contribution in [0.5, 0.6) is 5.75 Å². The maximum Gasteiger partial charge on any atom is 0.416 e. The number of halogens is 3. The van der Waals surface area contributed by atoms with Gasteiger partial charge in [-0.3, -0.25) is 4.79 Å². The highest BCUT2D eigenvalue weighted by Crippen LogP contribution is 2.31. The van der Waals surface area contributed by atoms with Gasteiger partial charge in [-0.2, -0.15) is 13.2 Å². The summed E-state index contributed by atoms with van der Waals surface area (Å²) in [6.07, 6.45) is -4.48. The number of hydrogen-bond donors (Lipinski definition) is 2. The van der Waals surface area contributed by atoms with E-state index < -0.39 is 24.3 Å². The number of alkyl halides is 3. The van der Waals surface area contributed by atoms with E-state index in [-0.39, 0.29) is 5.75 Å². The Morgan fingerprint density at radius 1 is 1.00 bits per heavy atom. The summed E-state index contributed by atoms with van der Waals surface area (Å²) < 4.78 is 43.6. The van der Waals surface area contributed by atoms with Gasteiger partial charge in [-0.1, -0.05) is 30.3 Å². The van der Waals surface area contributed by atoms with Crippen molar-refractivity contribution in [3.63, 3.8) is 0 Å². The molecular weight excluding hydrogens is 395 g/mol. The van der Waals surface area contributed by atoms with Crippen LogP contribution in [0.15, 0.2) is 72.8 Å². The smallest absolute Gasteiger partial charge is 0.416 e. The average molecular weight is 411 g/mol. The monoisotopic (exact) mass is 411 g/mol. The van der Waals surface area contributed by atoms with E-state index in [9.17, 15) is 18.0 Å². The summed E-state index contributed by atoms with van der Waals surface area (Å²) in [5.74, 6) is 0.0485. The SMILES string of the molecule is O=C(COc1cccc(C(F)(F)F)c1)Nc1ccccc1-c1nc2ccccc2[nH]1. The van der Waals surface area contributed by atoms with Gasteiger partial charge in [-0.25, -0.2) is 4.98 Å². The Morgan fingerprint density at radius 3 is 2.57 bits per heavy atom. The quantitative estimate of drug-likeness (QED) is 0.470. The Kier molecular flexibility index (Phi) is 5.14. The Labute approximate surface area is 169 Å². The molecule has 1 amide bonds. The topological polar surface area (TPSA) is 67.0 Å². The number of para-hydroxylation sites is 3. The Balaban J connectivity index is 1.48. The van der Waals surface area contributed by atoms with Crippen LogP contribution in [0.4, 0.5) is 18.9 Å². The van der Waals surface area contributed by atoms with E-state index in [1.54, 1.807) is 18.2 Å². The number of anilines is 1. The van der Waals surface area contributed by atoms with Gasteiger partial charge in [0.15, 0.2) is 6.61 Å². The van der Waals surface area contributed by atoms with Gasteiger partial charge < -0.3 is 15.0 Å². The molecule has 5 nitrogen and oxygen atoms in total. The van der Waals surface area contributed by atoms with Crippen molar-refractivity contribution >= 4 is 22.6 Å². The van der Waals surface area contributed by atoms with E-state index in [2.05, 4.69) is 15.3 Å². The summed E-state index contributed by atoms with van der Waals surface area (Å²) in [6.45, 7) is -0.435. The first-order valence-corrected chi connectivity index (χ1v) is 9.04. The third-order valence-electron chi connectivity index (χ3n) is 4.38. The van der Waals surface area contributed by atoms with Gasteiger partial charge in [0.2, 0.25) is 0 Å². The number of nitrogens with one attached hydrogen (secondary N) is 2. The molecular formula is C22H16F3N3O2. The van der Waals surface area contributed by atoms with Gasteiger partial charge in [0.25, 0.3) is 5.91 Å². The predicted octanol–water partition coefficient (Wildman–Crippen LogP) is 5.27. The molecule has 1 aromatic heterocycles. The van der Waals surface area contributed by atoms with E-state index in [4.69, 9.17) is 4.74 Å². The third kappa shape index (κ3) is 4.27. The molecule has 3 aromatic carbocycles. The number of benzene rings is 3. The first kappa shape index (κ1) is 19.5. The maximum atomic E-state index is 12.8. The van der Waals surface area contributed by atoms with Crippen LogP contribution in [0.3, 0.4) is 0 Å². The minimum Gasteiger partial charge on any atom is -0.484 e. The highest BCUT2D eigenvalue weighted by Gasteiger charge is 2.30. The molecule has 4 aromatic rings. The normalized spacial score (nSPS) is 11.4. The number of carbonyl (C=O) groups excluding carboxylic acids is 1. The summed E-state index contributed by atoms with van der Waals surface area (Å²) in [7, 11) is 0. The van der Waals surface area contributed by atoms with Crippen LogP contribution in [-0.2, 0) is 11.0 Å². The van der Waals surface area contributed by atoms with Gasteiger partial charge in [0.05, 0.1) is 22.3 Å². The van der Waals surface area contributed by atoms with Crippen LogP contribution in [0.2, 0.25) is 0 Å². The van der Waals surface area contributed by atoms with E-state index >= 15 is 0 Å². The summed E-state index contributed by atoms with van der Waals surface area (Å²) in [5, 5.41) is 2.72. The number of aromatic amines is 1. The molecule has 0 unspecified atom stereocenters. The minimum atomic E-state index is -4.48. The van der Waals surface area contributed by atoms with Crippen molar-refractivity contribution < 1.29 is 22.7 Å². The molecule has 0 aliphatic carbocycles. The zero-order chi connectivity index (χ0) is 21.1. The van der Waals surface area contributed by atoms with Gasteiger partial charge in [-0.05, 0) is 42.5 Å². The first-order valence-electron chi connectivity index (χ1n) is 9.04. The van der Waals surface area contributed by atoms with E-state index in [1.165, 1.54) is 12.1 Å². The van der Waals surface area contributed by atoms with Crippen LogP contribution in [0.1, 0.15) is 5.56 Å². The Bertz CT molecular complexity index is 1170. The molecule has 0 fully saturated rings. The molecule has 152 valence electrons. The molecule has 0 aliphatic rings. The minimum absolute atomic E-state index is 0.0365. The highest BCUT2D eigenvalue weighted by molar-refractivity contribution is 5.96. The van der Waals surface area contributed by atoms with E-state index in [0.717, 1.165) is 23.2 Å². The van der Waals surface area contributed by atoms with E-state index in [1.807, 2.05) is 30.3 Å². The number of hydrogen-bond acceptors (Lipinski definition) is 3. The molecule has 0 radical (unpaired) electrons. The number of amides is 1. The summed E-state index contributed by atoms with van der Waals surface area (Å²) in [4.78, 5) is 20.1. The maximum absolute atomic E-state index is 12.8. The molecule has 1 heterocycles.